The summed E-state index contributed by atoms with van der Waals surface area (Å²) >= 11 is 0. The topological polar surface area (TPSA) is 78.9 Å². The summed E-state index contributed by atoms with van der Waals surface area (Å²) in [4.78, 5) is 38.0. The van der Waals surface area contributed by atoms with Gasteiger partial charge in [-0.15, -0.1) is 0 Å². The van der Waals surface area contributed by atoms with Crippen LogP contribution in [0.2, 0.25) is 0 Å². The Labute approximate surface area is 406 Å². The first kappa shape index (κ1) is 62.1. The van der Waals surface area contributed by atoms with Gasteiger partial charge in [-0.05, 0) is 96.3 Å². The van der Waals surface area contributed by atoms with Gasteiger partial charge in [0.15, 0.2) is 6.10 Å². The quantitative estimate of drug-likeness (QED) is 0.0262. The number of hydrogen-bond donors (Lipinski definition) is 0. The SMILES string of the molecule is CC/C=C\C/C=C\C/C=C\C/C=C\C/C=C\C/C=C\CCC(=O)OC[C@H](COC(=O)CCCCCCCCCCCCCC)OC(=O)CCCCCC/C=C\C/C=C\C/C=C\CCCCC. The number of hydrogen-bond acceptors (Lipinski definition) is 6. The highest BCUT2D eigenvalue weighted by atomic mass is 16.6. The second-order valence-electron chi connectivity index (χ2n) is 17.4. The monoisotopic (exact) mass is 915 g/mol. The lowest BCUT2D eigenvalue weighted by Crippen LogP contribution is -2.30. The molecule has 0 bridgehead atoms. The van der Waals surface area contributed by atoms with E-state index in [1.807, 2.05) is 12.2 Å². The molecule has 0 heterocycles. The second-order valence-corrected chi connectivity index (χ2v) is 17.4. The third-order valence-electron chi connectivity index (χ3n) is 11.0. The summed E-state index contributed by atoms with van der Waals surface area (Å²) in [5, 5.41) is 0. The summed E-state index contributed by atoms with van der Waals surface area (Å²) in [5.41, 5.74) is 0. The smallest absolute Gasteiger partial charge is 0.306 e. The summed E-state index contributed by atoms with van der Waals surface area (Å²) < 4.78 is 16.7. The lowest BCUT2D eigenvalue weighted by atomic mass is 10.0. The van der Waals surface area contributed by atoms with Crippen molar-refractivity contribution in [3.63, 3.8) is 0 Å². The molecule has 0 unspecified atom stereocenters. The Kier molecular flexibility index (Phi) is 50.5. The molecule has 0 aromatic carbocycles. The van der Waals surface area contributed by atoms with Gasteiger partial charge in [0.2, 0.25) is 0 Å². The summed E-state index contributed by atoms with van der Waals surface area (Å²) in [5.74, 6) is -1.02. The molecule has 66 heavy (non-hydrogen) atoms. The maximum atomic E-state index is 12.8. The Morgan fingerprint density at radius 3 is 1.05 bits per heavy atom. The van der Waals surface area contributed by atoms with Gasteiger partial charge in [-0.25, -0.2) is 0 Å². The van der Waals surface area contributed by atoms with E-state index < -0.39 is 6.10 Å². The molecule has 0 aliphatic carbocycles. The number of carbonyl (C=O) groups is 3. The fourth-order valence-electron chi connectivity index (χ4n) is 7.00. The van der Waals surface area contributed by atoms with Crippen LogP contribution >= 0.6 is 0 Å². The van der Waals surface area contributed by atoms with Gasteiger partial charge < -0.3 is 14.2 Å². The van der Waals surface area contributed by atoms with Gasteiger partial charge >= 0.3 is 17.9 Å². The van der Waals surface area contributed by atoms with Gasteiger partial charge in [-0.2, -0.15) is 0 Å². The molecule has 0 N–H and O–H groups in total. The molecule has 0 radical (unpaired) electrons. The standard InChI is InChI=1S/C60H98O6/c1-4-7-10-13-16-19-22-25-27-29-30-32-33-35-38-41-44-47-50-53-59(62)65-56-57(55-64-58(61)52-49-46-43-40-37-24-21-18-15-12-9-6-3)66-60(63)54-51-48-45-42-39-36-34-31-28-26-23-20-17-14-11-8-5-2/h7,10,16-17,19-20,25-28,30,32,34-36,38,44,47,57H,4-6,8-9,11-15,18,21-24,29,31,33,37,39-43,45-46,48-56H2,1-3H3/b10-7-,19-16-,20-17-,27-25-,28-26-,32-30-,36-34-,38-35-,47-44-/t57-/m0/s1. The first-order chi connectivity index (χ1) is 32.5. The minimum atomic E-state index is -0.820. The molecule has 1 atom stereocenters. The highest BCUT2D eigenvalue weighted by Gasteiger charge is 2.19. The van der Waals surface area contributed by atoms with Gasteiger partial charge in [-0.3, -0.25) is 14.4 Å². The van der Waals surface area contributed by atoms with Crippen molar-refractivity contribution in [1.29, 1.82) is 0 Å². The first-order valence-corrected chi connectivity index (χ1v) is 26.9. The van der Waals surface area contributed by atoms with Crippen molar-refractivity contribution >= 4 is 17.9 Å². The molecular formula is C60H98O6. The van der Waals surface area contributed by atoms with Gasteiger partial charge in [0.25, 0.3) is 0 Å². The number of unbranched alkanes of at least 4 members (excludes halogenated alkanes) is 18. The van der Waals surface area contributed by atoms with E-state index in [1.165, 1.54) is 83.5 Å². The van der Waals surface area contributed by atoms with Crippen LogP contribution in [0.3, 0.4) is 0 Å². The lowest BCUT2D eigenvalue weighted by Gasteiger charge is -2.18. The van der Waals surface area contributed by atoms with Gasteiger partial charge in [0.1, 0.15) is 13.2 Å². The van der Waals surface area contributed by atoms with Gasteiger partial charge in [0.05, 0.1) is 0 Å². The molecule has 6 heteroatoms. The maximum Gasteiger partial charge on any atom is 0.306 e. The highest BCUT2D eigenvalue weighted by molar-refractivity contribution is 5.71. The molecule has 0 aromatic rings. The largest absolute Gasteiger partial charge is 0.462 e. The highest BCUT2D eigenvalue weighted by Crippen LogP contribution is 2.14. The number of rotatable bonds is 47. The van der Waals surface area contributed by atoms with Crippen LogP contribution in [0.1, 0.15) is 233 Å². The van der Waals surface area contributed by atoms with Crippen LogP contribution in [-0.2, 0) is 28.6 Å². The molecule has 0 aliphatic heterocycles. The molecular weight excluding hydrogens is 817 g/mol. The summed E-state index contributed by atoms with van der Waals surface area (Å²) in [7, 11) is 0. The van der Waals surface area contributed by atoms with Crippen molar-refractivity contribution < 1.29 is 28.6 Å². The third-order valence-corrected chi connectivity index (χ3v) is 11.0. The minimum absolute atomic E-state index is 0.111. The Morgan fingerprint density at radius 2 is 0.621 bits per heavy atom. The molecule has 0 aromatic heterocycles. The normalized spacial score (nSPS) is 13.0. The average molecular weight is 915 g/mol. The van der Waals surface area contributed by atoms with Gasteiger partial charge in [0, 0.05) is 19.3 Å². The summed E-state index contributed by atoms with van der Waals surface area (Å²) in [6.45, 7) is 6.40. The molecule has 0 rings (SSSR count). The first-order valence-electron chi connectivity index (χ1n) is 26.9. The second kappa shape index (κ2) is 53.7. The zero-order valence-corrected chi connectivity index (χ0v) is 42.7. The van der Waals surface area contributed by atoms with Crippen LogP contribution in [0.25, 0.3) is 0 Å². The Morgan fingerprint density at radius 1 is 0.318 bits per heavy atom. The molecule has 0 saturated carbocycles. The van der Waals surface area contributed by atoms with Crippen LogP contribution in [-0.4, -0.2) is 37.2 Å². The fraction of sp³-hybridized carbons (Fsp3) is 0.650. The van der Waals surface area contributed by atoms with Crippen LogP contribution in [0.5, 0.6) is 0 Å². The van der Waals surface area contributed by atoms with E-state index in [1.54, 1.807) is 0 Å². The number of allylic oxidation sites excluding steroid dienone is 18. The van der Waals surface area contributed by atoms with Crippen LogP contribution in [0.4, 0.5) is 0 Å². The van der Waals surface area contributed by atoms with E-state index in [4.69, 9.17) is 14.2 Å². The predicted molar refractivity (Wildman–Crippen MR) is 283 cm³/mol. The zero-order valence-electron chi connectivity index (χ0n) is 42.7. The minimum Gasteiger partial charge on any atom is -0.462 e. The van der Waals surface area contributed by atoms with E-state index >= 15 is 0 Å². The zero-order chi connectivity index (χ0) is 47.9. The number of carbonyl (C=O) groups excluding carboxylic acids is 3. The predicted octanol–water partition coefficient (Wildman–Crippen LogP) is 17.9. The van der Waals surface area contributed by atoms with Crippen molar-refractivity contribution in [2.45, 2.75) is 239 Å². The fourth-order valence-corrected chi connectivity index (χ4v) is 7.00. The number of ether oxygens (including phenoxy) is 3. The molecule has 374 valence electrons. The lowest BCUT2D eigenvalue weighted by molar-refractivity contribution is -0.166. The van der Waals surface area contributed by atoms with Crippen LogP contribution in [0.15, 0.2) is 109 Å². The Hall–Kier alpha value is -3.93. The summed E-state index contributed by atoms with van der Waals surface area (Å²) in [6.07, 6.45) is 72.2. The van der Waals surface area contributed by atoms with Crippen molar-refractivity contribution in [3.05, 3.63) is 109 Å². The van der Waals surface area contributed by atoms with E-state index in [0.717, 1.165) is 103 Å². The van der Waals surface area contributed by atoms with E-state index in [0.29, 0.717) is 12.8 Å². The van der Waals surface area contributed by atoms with Crippen molar-refractivity contribution in [2.75, 3.05) is 13.2 Å². The molecule has 0 amide bonds. The average Bonchev–Trinajstić information content (AvgIpc) is 3.31. The Balaban J connectivity index is 4.54. The molecule has 0 fully saturated rings. The van der Waals surface area contributed by atoms with Crippen molar-refractivity contribution in [1.82, 2.24) is 0 Å². The van der Waals surface area contributed by atoms with Crippen molar-refractivity contribution in [2.24, 2.45) is 0 Å². The van der Waals surface area contributed by atoms with Crippen LogP contribution < -0.4 is 0 Å². The van der Waals surface area contributed by atoms with Crippen molar-refractivity contribution in [3.8, 4) is 0 Å². The molecule has 0 spiro atoms. The summed E-state index contributed by atoms with van der Waals surface area (Å²) in [6, 6.07) is 0. The Bertz CT molecular complexity index is 1370. The third kappa shape index (κ3) is 51.1. The van der Waals surface area contributed by atoms with E-state index in [9.17, 15) is 14.4 Å². The van der Waals surface area contributed by atoms with Crippen LogP contribution in [0, 0.1) is 0 Å². The van der Waals surface area contributed by atoms with E-state index in [-0.39, 0.29) is 44.0 Å². The molecule has 0 aliphatic rings. The van der Waals surface area contributed by atoms with E-state index in [2.05, 4.69) is 118 Å². The maximum absolute atomic E-state index is 12.8. The van der Waals surface area contributed by atoms with Gasteiger partial charge in [-0.1, -0.05) is 226 Å². The number of esters is 3. The molecule has 6 nitrogen and oxygen atoms in total. The molecule has 0 saturated heterocycles.